The molecule has 3 aromatic heterocycles. The molecule has 0 radical (unpaired) electrons. The second kappa shape index (κ2) is 11.8. The molecule has 11 rings (SSSR count). The first-order valence-corrected chi connectivity index (χ1v) is 18.3. The van der Waals surface area contributed by atoms with Crippen molar-refractivity contribution < 1.29 is 0 Å². The number of para-hydroxylation sites is 5. The highest BCUT2D eigenvalue weighted by Crippen LogP contribution is 2.41. The first-order valence-electron chi connectivity index (χ1n) is 18.3. The van der Waals surface area contributed by atoms with Gasteiger partial charge in [-0.2, -0.15) is 10.5 Å². The summed E-state index contributed by atoms with van der Waals surface area (Å²) < 4.78 is 7.04. The molecule has 5 nitrogen and oxygen atoms in total. The van der Waals surface area contributed by atoms with E-state index in [0.29, 0.717) is 11.1 Å². The van der Waals surface area contributed by atoms with E-state index in [9.17, 15) is 10.5 Å². The van der Waals surface area contributed by atoms with Gasteiger partial charge < -0.3 is 13.7 Å². The quantitative estimate of drug-likeness (QED) is 0.184. The highest BCUT2D eigenvalue weighted by atomic mass is 15.1. The molecule has 0 fully saturated rings. The number of fused-ring (bicyclic) bond motifs is 9. The van der Waals surface area contributed by atoms with E-state index < -0.39 is 0 Å². The van der Waals surface area contributed by atoms with Gasteiger partial charge in [0.15, 0.2) is 0 Å². The van der Waals surface area contributed by atoms with E-state index in [1.54, 1.807) is 0 Å². The molecule has 5 heteroatoms. The zero-order valence-electron chi connectivity index (χ0n) is 29.5. The fourth-order valence-corrected chi connectivity index (χ4v) is 8.76. The lowest BCUT2D eigenvalue weighted by Crippen LogP contribution is -2.01. The van der Waals surface area contributed by atoms with E-state index in [1.807, 2.05) is 48.5 Å². The molecule has 0 aliphatic rings. The monoisotopic (exact) mass is 699 g/mol. The van der Waals surface area contributed by atoms with Crippen LogP contribution in [0.3, 0.4) is 0 Å². The third kappa shape index (κ3) is 4.45. The molecule has 0 N–H and O–H groups in total. The number of aromatic nitrogens is 3. The van der Waals surface area contributed by atoms with Gasteiger partial charge in [-0.3, -0.25) is 0 Å². The van der Waals surface area contributed by atoms with Crippen LogP contribution < -0.4 is 0 Å². The number of rotatable bonds is 4. The van der Waals surface area contributed by atoms with Gasteiger partial charge in [0.05, 0.1) is 67.7 Å². The van der Waals surface area contributed by atoms with Crippen LogP contribution in [0, 0.1) is 22.7 Å². The molecule has 55 heavy (non-hydrogen) atoms. The van der Waals surface area contributed by atoms with Crippen molar-refractivity contribution in [1.82, 2.24) is 13.7 Å². The molecular weight excluding hydrogens is 671 g/mol. The van der Waals surface area contributed by atoms with Gasteiger partial charge in [-0.1, -0.05) is 97.1 Å². The van der Waals surface area contributed by atoms with Crippen LogP contribution in [-0.2, 0) is 0 Å². The first-order chi connectivity index (χ1) is 27.2. The maximum absolute atomic E-state index is 10.0. The Balaban J connectivity index is 1.14. The summed E-state index contributed by atoms with van der Waals surface area (Å²) in [5, 5.41) is 26.7. The molecule has 0 saturated heterocycles. The van der Waals surface area contributed by atoms with Crippen LogP contribution >= 0.6 is 0 Å². The van der Waals surface area contributed by atoms with Crippen LogP contribution in [0.25, 0.3) is 93.6 Å². The van der Waals surface area contributed by atoms with Gasteiger partial charge in [0.25, 0.3) is 0 Å². The molecular formula is C50H29N5. The summed E-state index contributed by atoms with van der Waals surface area (Å²) in [6, 6.07) is 66.0. The van der Waals surface area contributed by atoms with Crippen molar-refractivity contribution in [2.24, 2.45) is 0 Å². The predicted octanol–water partition coefficient (Wildman–Crippen LogP) is 12.4. The number of hydrogen-bond acceptors (Lipinski definition) is 2. The Hall–Kier alpha value is -7.86. The molecule has 8 aromatic carbocycles. The van der Waals surface area contributed by atoms with Gasteiger partial charge in [-0.25, -0.2) is 0 Å². The topological polar surface area (TPSA) is 62.4 Å². The standard InChI is InChI=1S/C50H29N5/c51-30-32-20-26-47(54-46-18-8-4-13-39(46)42-29-33(31-52)21-27-48(42)54)41(28-32)34-22-24-35(25-23-34)53-43-15-5-3-12-38(43)40-14-9-19-49(50(40)53)55-44-16-6-1-10-36(44)37-11-2-7-17-45(37)55/h1-29H. The molecule has 3 heterocycles. The lowest BCUT2D eigenvalue weighted by Gasteiger charge is -2.16. The molecule has 0 unspecified atom stereocenters. The maximum Gasteiger partial charge on any atom is 0.0991 e. The minimum Gasteiger partial charge on any atom is -0.309 e. The van der Waals surface area contributed by atoms with Crippen molar-refractivity contribution in [2.75, 3.05) is 0 Å². The molecule has 254 valence electrons. The summed E-state index contributed by atoms with van der Waals surface area (Å²) in [4.78, 5) is 0. The SMILES string of the molecule is N#Cc1ccc(-n2c3ccccc3c3cc(C#N)ccc32)c(-c2ccc(-n3c4ccccc4c4cccc(-n5c6ccccc6c6ccccc65)c43)cc2)c1. The maximum atomic E-state index is 10.0. The molecule has 0 saturated carbocycles. The minimum absolute atomic E-state index is 0.591. The number of nitriles is 2. The van der Waals surface area contributed by atoms with Gasteiger partial charge in [0.1, 0.15) is 0 Å². The molecule has 0 aliphatic heterocycles. The molecule has 11 aromatic rings. The minimum atomic E-state index is 0.591. The van der Waals surface area contributed by atoms with Crippen molar-refractivity contribution in [2.45, 2.75) is 0 Å². The van der Waals surface area contributed by atoms with Crippen molar-refractivity contribution in [3.63, 3.8) is 0 Å². The second-order valence-electron chi connectivity index (χ2n) is 14.0. The van der Waals surface area contributed by atoms with Crippen LogP contribution in [0.15, 0.2) is 176 Å². The van der Waals surface area contributed by atoms with Gasteiger partial charge in [0.2, 0.25) is 0 Å². The summed E-state index contributed by atoms with van der Waals surface area (Å²) in [6.45, 7) is 0. The van der Waals surface area contributed by atoms with Crippen molar-refractivity contribution in [1.29, 1.82) is 10.5 Å². The third-order valence-electron chi connectivity index (χ3n) is 11.1. The lowest BCUT2D eigenvalue weighted by atomic mass is 10.00. The van der Waals surface area contributed by atoms with Crippen LogP contribution in [-0.4, -0.2) is 13.7 Å². The summed E-state index contributed by atoms with van der Waals surface area (Å²) in [7, 11) is 0. The number of hydrogen-bond donors (Lipinski definition) is 0. The van der Waals surface area contributed by atoms with Crippen LogP contribution in [0.5, 0.6) is 0 Å². The first kappa shape index (κ1) is 30.7. The second-order valence-corrected chi connectivity index (χ2v) is 14.0. The zero-order chi connectivity index (χ0) is 36.6. The molecule has 0 aliphatic carbocycles. The van der Waals surface area contributed by atoms with Gasteiger partial charge in [-0.05, 0) is 84.4 Å². The van der Waals surface area contributed by atoms with Gasteiger partial charge >= 0.3 is 0 Å². The summed E-state index contributed by atoms with van der Waals surface area (Å²) in [6.07, 6.45) is 0. The highest BCUT2D eigenvalue weighted by molar-refractivity contribution is 6.15. The molecule has 0 spiro atoms. The third-order valence-corrected chi connectivity index (χ3v) is 11.1. The fourth-order valence-electron chi connectivity index (χ4n) is 8.76. The van der Waals surface area contributed by atoms with Gasteiger partial charge in [0, 0.05) is 43.6 Å². The van der Waals surface area contributed by atoms with E-state index >= 15 is 0 Å². The summed E-state index contributed by atoms with van der Waals surface area (Å²) in [5.74, 6) is 0. The number of nitrogens with zero attached hydrogens (tertiary/aromatic N) is 5. The van der Waals surface area contributed by atoms with E-state index in [2.05, 4.69) is 153 Å². The van der Waals surface area contributed by atoms with Gasteiger partial charge in [-0.15, -0.1) is 0 Å². The highest BCUT2D eigenvalue weighted by Gasteiger charge is 2.21. The number of benzene rings is 8. The fraction of sp³-hybridized carbons (Fsp3) is 0. The average Bonchev–Trinajstić information content (AvgIpc) is 3.89. The average molecular weight is 700 g/mol. The Kier molecular flexibility index (Phi) is 6.61. The van der Waals surface area contributed by atoms with E-state index in [4.69, 9.17) is 0 Å². The van der Waals surface area contributed by atoms with Crippen LogP contribution in [0.2, 0.25) is 0 Å². The Morgan fingerprint density at radius 3 is 1.44 bits per heavy atom. The van der Waals surface area contributed by atoms with Crippen LogP contribution in [0.4, 0.5) is 0 Å². The smallest absolute Gasteiger partial charge is 0.0991 e. The van der Waals surface area contributed by atoms with E-state index in [1.165, 1.54) is 32.6 Å². The Bertz CT molecular complexity index is 3400. The van der Waals surface area contributed by atoms with E-state index in [-0.39, 0.29) is 0 Å². The molecule has 0 bridgehead atoms. The Morgan fingerprint density at radius 1 is 0.345 bits per heavy atom. The lowest BCUT2D eigenvalue weighted by molar-refractivity contribution is 1.13. The van der Waals surface area contributed by atoms with E-state index in [0.717, 1.165) is 61.0 Å². The normalized spacial score (nSPS) is 11.6. The molecule has 0 amide bonds. The Labute approximate surface area is 316 Å². The van der Waals surface area contributed by atoms with Crippen LogP contribution in [0.1, 0.15) is 11.1 Å². The predicted molar refractivity (Wildman–Crippen MR) is 224 cm³/mol. The zero-order valence-corrected chi connectivity index (χ0v) is 29.5. The largest absolute Gasteiger partial charge is 0.309 e. The van der Waals surface area contributed by atoms with Crippen molar-refractivity contribution >= 4 is 65.4 Å². The van der Waals surface area contributed by atoms with Crippen molar-refractivity contribution in [3.8, 4) is 40.3 Å². The Morgan fingerprint density at radius 2 is 0.818 bits per heavy atom. The summed E-state index contributed by atoms with van der Waals surface area (Å²) >= 11 is 0. The summed E-state index contributed by atoms with van der Waals surface area (Å²) in [5.41, 5.74) is 12.9. The molecule has 0 atom stereocenters. The van der Waals surface area contributed by atoms with Crippen molar-refractivity contribution in [3.05, 3.63) is 187 Å².